The van der Waals surface area contributed by atoms with Crippen molar-refractivity contribution in [3.63, 3.8) is 0 Å². The van der Waals surface area contributed by atoms with Gasteiger partial charge in [-0.05, 0) is 31.9 Å². The first-order valence-electron chi connectivity index (χ1n) is 7.05. The highest BCUT2D eigenvalue weighted by atomic mass is 35.5. The number of pyridine rings is 1. The van der Waals surface area contributed by atoms with Crippen LogP contribution in [0.3, 0.4) is 0 Å². The van der Waals surface area contributed by atoms with Gasteiger partial charge >= 0.3 is 6.09 Å². The number of carbonyl (C=O) groups excluding carboxylic acids is 2. The maximum atomic E-state index is 12.2. The minimum Gasteiger partial charge on any atom is -0.450 e. The van der Waals surface area contributed by atoms with Crippen LogP contribution in [0.1, 0.15) is 30.1 Å². The zero-order chi connectivity index (χ0) is 16.1. The SMILES string of the molecule is CCOC(=O)N1CCC(NC(=O)c2cc(Cl)nc(Cl)c2)CC1. The maximum absolute atomic E-state index is 12.2. The first kappa shape index (κ1) is 16.8. The fourth-order valence-electron chi connectivity index (χ4n) is 2.29. The van der Waals surface area contributed by atoms with Crippen LogP contribution in [0.4, 0.5) is 4.79 Å². The van der Waals surface area contributed by atoms with Gasteiger partial charge in [-0.2, -0.15) is 0 Å². The number of amides is 2. The normalized spacial score (nSPS) is 15.5. The number of halogens is 2. The molecule has 22 heavy (non-hydrogen) atoms. The Labute approximate surface area is 138 Å². The summed E-state index contributed by atoms with van der Waals surface area (Å²) in [5, 5.41) is 3.27. The summed E-state index contributed by atoms with van der Waals surface area (Å²) in [5.74, 6) is -0.249. The second-order valence-electron chi connectivity index (χ2n) is 4.93. The minimum absolute atomic E-state index is 0.00360. The Hall–Kier alpha value is -1.53. The second-order valence-corrected chi connectivity index (χ2v) is 5.71. The first-order valence-corrected chi connectivity index (χ1v) is 7.81. The number of rotatable bonds is 3. The lowest BCUT2D eigenvalue weighted by Crippen LogP contribution is -2.46. The summed E-state index contributed by atoms with van der Waals surface area (Å²) in [7, 11) is 0. The monoisotopic (exact) mass is 345 g/mol. The van der Waals surface area contributed by atoms with E-state index in [0.717, 1.165) is 0 Å². The van der Waals surface area contributed by atoms with Gasteiger partial charge in [0.1, 0.15) is 10.3 Å². The number of ether oxygens (including phenoxy) is 1. The van der Waals surface area contributed by atoms with Crippen molar-refractivity contribution in [3.8, 4) is 0 Å². The lowest BCUT2D eigenvalue weighted by molar-refractivity contribution is 0.0860. The van der Waals surface area contributed by atoms with E-state index in [1.54, 1.807) is 11.8 Å². The van der Waals surface area contributed by atoms with Crippen LogP contribution in [-0.4, -0.2) is 47.6 Å². The van der Waals surface area contributed by atoms with Crippen LogP contribution < -0.4 is 5.32 Å². The number of hydrogen-bond donors (Lipinski definition) is 1. The average Bonchev–Trinajstić information content (AvgIpc) is 2.47. The third-order valence-electron chi connectivity index (χ3n) is 3.38. The van der Waals surface area contributed by atoms with Crippen LogP contribution in [0, 0.1) is 0 Å². The topological polar surface area (TPSA) is 71.5 Å². The molecule has 6 nitrogen and oxygen atoms in total. The summed E-state index contributed by atoms with van der Waals surface area (Å²) >= 11 is 11.6. The summed E-state index contributed by atoms with van der Waals surface area (Å²) < 4.78 is 4.96. The molecule has 0 spiro atoms. The molecular formula is C14H17Cl2N3O3. The zero-order valence-electron chi connectivity index (χ0n) is 12.1. The standard InChI is InChI=1S/C14H17Cl2N3O3/c1-2-22-14(21)19-5-3-10(4-6-19)17-13(20)9-7-11(15)18-12(16)8-9/h7-8,10H,2-6H2,1H3,(H,17,20). The Bertz CT molecular complexity index is 540. The molecule has 2 heterocycles. The van der Waals surface area contributed by atoms with Crippen molar-refractivity contribution >= 4 is 35.2 Å². The third-order valence-corrected chi connectivity index (χ3v) is 3.77. The van der Waals surface area contributed by atoms with E-state index in [9.17, 15) is 9.59 Å². The van der Waals surface area contributed by atoms with Gasteiger partial charge in [-0.1, -0.05) is 23.2 Å². The van der Waals surface area contributed by atoms with Crippen molar-refractivity contribution in [2.45, 2.75) is 25.8 Å². The molecule has 1 aromatic heterocycles. The van der Waals surface area contributed by atoms with E-state index in [4.69, 9.17) is 27.9 Å². The molecule has 2 amide bonds. The van der Waals surface area contributed by atoms with Crippen LogP contribution in [0.15, 0.2) is 12.1 Å². The Morgan fingerprint density at radius 1 is 1.32 bits per heavy atom. The molecule has 2 rings (SSSR count). The zero-order valence-corrected chi connectivity index (χ0v) is 13.7. The van der Waals surface area contributed by atoms with Crippen molar-refractivity contribution in [1.29, 1.82) is 0 Å². The van der Waals surface area contributed by atoms with Gasteiger partial charge in [0.25, 0.3) is 5.91 Å². The molecule has 8 heteroatoms. The number of nitrogens with one attached hydrogen (secondary N) is 1. The quantitative estimate of drug-likeness (QED) is 0.855. The molecule has 1 aromatic rings. The van der Waals surface area contributed by atoms with Crippen molar-refractivity contribution in [2.75, 3.05) is 19.7 Å². The predicted octanol–water partition coefficient (Wildman–Crippen LogP) is 2.74. The fourth-order valence-corrected chi connectivity index (χ4v) is 2.75. The van der Waals surface area contributed by atoms with E-state index in [-0.39, 0.29) is 28.3 Å². The van der Waals surface area contributed by atoms with Gasteiger partial charge in [0.05, 0.1) is 6.61 Å². The van der Waals surface area contributed by atoms with Crippen LogP contribution in [0.2, 0.25) is 10.3 Å². The molecule has 0 radical (unpaired) electrons. The van der Waals surface area contributed by atoms with Gasteiger partial charge in [0, 0.05) is 24.7 Å². The van der Waals surface area contributed by atoms with Crippen LogP contribution >= 0.6 is 23.2 Å². The van der Waals surface area contributed by atoms with Crippen molar-refractivity contribution in [2.24, 2.45) is 0 Å². The van der Waals surface area contributed by atoms with Gasteiger partial charge in [-0.25, -0.2) is 9.78 Å². The van der Waals surface area contributed by atoms with Crippen LogP contribution in [0.25, 0.3) is 0 Å². The molecule has 1 aliphatic heterocycles. The number of carbonyl (C=O) groups is 2. The molecule has 120 valence electrons. The van der Waals surface area contributed by atoms with E-state index < -0.39 is 0 Å². The smallest absolute Gasteiger partial charge is 0.409 e. The van der Waals surface area contributed by atoms with Crippen molar-refractivity contribution in [3.05, 3.63) is 28.0 Å². The van der Waals surface area contributed by atoms with Gasteiger partial charge < -0.3 is 15.0 Å². The average molecular weight is 346 g/mol. The summed E-state index contributed by atoms with van der Waals surface area (Å²) in [4.78, 5) is 29.2. The van der Waals surface area contributed by atoms with Gasteiger partial charge in [0.15, 0.2) is 0 Å². The highest BCUT2D eigenvalue weighted by Crippen LogP contribution is 2.16. The van der Waals surface area contributed by atoms with Gasteiger partial charge in [-0.3, -0.25) is 4.79 Å². The predicted molar refractivity (Wildman–Crippen MR) is 83.3 cm³/mol. The molecule has 0 aromatic carbocycles. The highest BCUT2D eigenvalue weighted by Gasteiger charge is 2.25. The Kier molecular flexibility index (Phi) is 5.85. The van der Waals surface area contributed by atoms with Gasteiger partial charge in [-0.15, -0.1) is 0 Å². The second kappa shape index (κ2) is 7.65. The summed E-state index contributed by atoms with van der Waals surface area (Å²) in [5.41, 5.74) is 0.373. The number of piperidine rings is 1. The fraction of sp³-hybridized carbons (Fsp3) is 0.500. The molecule has 1 fully saturated rings. The van der Waals surface area contributed by atoms with E-state index in [1.807, 2.05) is 0 Å². The van der Waals surface area contributed by atoms with Crippen molar-refractivity contribution < 1.29 is 14.3 Å². The van der Waals surface area contributed by atoms with E-state index >= 15 is 0 Å². The van der Waals surface area contributed by atoms with Crippen LogP contribution in [0.5, 0.6) is 0 Å². The van der Waals surface area contributed by atoms with Crippen LogP contribution in [-0.2, 0) is 4.74 Å². The number of hydrogen-bond acceptors (Lipinski definition) is 4. The lowest BCUT2D eigenvalue weighted by Gasteiger charge is -2.31. The molecule has 0 aliphatic carbocycles. The summed E-state index contributed by atoms with van der Waals surface area (Å²) in [6, 6.07) is 2.94. The largest absolute Gasteiger partial charge is 0.450 e. The number of aromatic nitrogens is 1. The van der Waals surface area contributed by atoms with E-state index in [2.05, 4.69) is 10.3 Å². The molecule has 0 unspecified atom stereocenters. The Morgan fingerprint density at radius 3 is 2.45 bits per heavy atom. The van der Waals surface area contributed by atoms with Gasteiger partial charge in [0.2, 0.25) is 0 Å². The Balaban J connectivity index is 1.88. The molecule has 0 saturated carbocycles. The summed E-state index contributed by atoms with van der Waals surface area (Å²) in [6.07, 6.45) is 1.05. The molecule has 0 bridgehead atoms. The molecule has 1 saturated heterocycles. The number of nitrogens with zero attached hydrogens (tertiary/aromatic N) is 2. The highest BCUT2D eigenvalue weighted by molar-refractivity contribution is 6.33. The minimum atomic E-state index is -0.306. The molecule has 1 N–H and O–H groups in total. The molecule has 1 aliphatic rings. The molecule has 0 atom stereocenters. The first-order chi connectivity index (χ1) is 10.5. The van der Waals surface area contributed by atoms with Crippen molar-refractivity contribution in [1.82, 2.24) is 15.2 Å². The maximum Gasteiger partial charge on any atom is 0.409 e. The summed E-state index contributed by atoms with van der Waals surface area (Å²) in [6.45, 7) is 3.25. The molecular weight excluding hydrogens is 329 g/mol. The third kappa shape index (κ3) is 4.48. The van der Waals surface area contributed by atoms with E-state index in [0.29, 0.717) is 38.1 Å². The Morgan fingerprint density at radius 2 is 1.91 bits per heavy atom. The van der Waals surface area contributed by atoms with E-state index in [1.165, 1.54) is 12.1 Å². The lowest BCUT2D eigenvalue weighted by atomic mass is 10.0. The number of likely N-dealkylation sites (tertiary alicyclic amines) is 1.